The number of hydrogen-bond donors (Lipinski definition) is 2. The van der Waals surface area contributed by atoms with E-state index in [1.807, 2.05) is 17.5 Å². The van der Waals surface area contributed by atoms with Gasteiger partial charge in [-0.1, -0.05) is 31.7 Å². The highest BCUT2D eigenvalue weighted by Crippen LogP contribution is 2.24. The fraction of sp³-hybridized carbons (Fsp3) is 0.533. The van der Waals surface area contributed by atoms with E-state index in [9.17, 15) is 4.79 Å². The van der Waals surface area contributed by atoms with Crippen molar-refractivity contribution in [1.29, 1.82) is 0 Å². The van der Waals surface area contributed by atoms with Gasteiger partial charge < -0.3 is 15.9 Å². The lowest BCUT2D eigenvalue weighted by molar-refractivity contribution is -0.118. The van der Waals surface area contributed by atoms with Crippen LogP contribution in [-0.4, -0.2) is 46.3 Å². The van der Waals surface area contributed by atoms with Crippen LogP contribution in [0.2, 0.25) is 0 Å². The zero-order chi connectivity index (χ0) is 17.4. The van der Waals surface area contributed by atoms with E-state index in [4.69, 9.17) is 10.6 Å². The van der Waals surface area contributed by atoms with Crippen molar-refractivity contribution < 1.29 is 9.53 Å². The molecular formula is C15H23N5O2S2. The van der Waals surface area contributed by atoms with Crippen LogP contribution in [-0.2, 0) is 9.53 Å². The van der Waals surface area contributed by atoms with Crippen LogP contribution in [0.5, 0.6) is 0 Å². The van der Waals surface area contributed by atoms with Gasteiger partial charge in [-0.2, -0.15) is 0 Å². The predicted molar refractivity (Wildman–Crippen MR) is 97.5 cm³/mol. The quantitative estimate of drug-likeness (QED) is 0.378. The summed E-state index contributed by atoms with van der Waals surface area (Å²) in [5.74, 6) is 7.38. The van der Waals surface area contributed by atoms with Gasteiger partial charge in [0.05, 0.1) is 17.2 Å². The zero-order valence-corrected chi connectivity index (χ0v) is 15.5. The number of thiophene rings is 1. The third kappa shape index (κ3) is 5.81. The average Bonchev–Trinajstić information content (AvgIpc) is 3.18. The summed E-state index contributed by atoms with van der Waals surface area (Å²) in [6.45, 7) is 6.07. The molecular weight excluding hydrogens is 346 g/mol. The van der Waals surface area contributed by atoms with E-state index < -0.39 is 0 Å². The number of ether oxygens (including phenoxy) is 1. The van der Waals surface area contributed by atoms with E-state index in [-0.39, 0.29) is 11.7 Å². The summed E-state index contributed by atoms with van der Waals surface area (Å²) in [4.78, 5) is 12.8. The lowest BCUT2D eigenvalue weighted by Gasteiger charge is -2.07. The molecule has 0 aliphatic carbocycles. The molecule has 0 radical (unpaired) electrons. The van der Waals surface area contributed by atoms with Gasteiger partial charge in [-0.3, -0.25) is 4.79 Å². The monoisotopic (exact) mass is 369 g/mol. The maximum atomic E-state index is 11.8. The van der Waals surface area contributed by atoms with Crippen LogP contribution in [0.4, 0.5) is 0 Å². The molecule has 7 nitrogen and oxygen atoms in total. The first kappa shape index (κ1) is 18.8. The van der Waals surface area contributed by atoms with Crippen molar-refractivity contribution in [2.24, 2.45) is 5.92 Å². The lowest BCUT2D eigenvalue weighted by atomic mass is 10.1. The van der Waals surface area contributed by atoms with Crippen molar-refractivity contribution >= 4 is 29.0 Å². The molecule has 1 amide bonds. The third-order valence-electron chi connectivity index (χ3n) is 3.15. The molecule has 0 aliphatic heterocycles. The highest BCUT2D eigenvalue weighted by molar-refractivity contribution is 7.99. The summed E-state index contributed by atoms with van der Waals surface area (Å²) in [7, 11) is 0. The number of carbonyl (C=O) groups excluding carboxylic acids is 1. The molecule has 3 N–H and O–H groups in total. The van der Waals surface area contributed by atoms with E-state index in [0.29, 0.717) is 30.1 Å². The van der Waals surface area contributed by atoms with Gasteiger partial charge in [0.2, 0.25) is 11.1 Å². The molecule has 2 heterocycles. The lowest BCUT2D eigenvalue weighted by Crippen LogP contribution is -2.29. The van der Waals surface area contributed by atoms with E-state index in [0.717, 1.165) is 17.9 Å². The Morgan fingerprint density at radius 1 is 1.46 bits per heavy atom. The normalized spacial score (nSPS) is 11.1. The van der Waals surface area contributed by atoms with Crippen molar-refractivity contribution in [2.75, 3.05) is 31.4 Å². The molecule has 2 aromatic heterocycles. The van der Waals surface area contributed by atoms with Crippen molar-refractivity contribution in [3.8, 4) is 10.7 Å². The molecule has 0 atom stereocenters. The number of carbonyl (C=O) groups is 1. The standard InChI is InChI=1S/C15H23N5O2S2/c1-11(2)5-7-22-8-6-17-13(21)10-24-15-19-18-14(20(15)16)12-4-3-9-23-12/h3-4,9,11H,5-8,10,16H2,1-2H3,(H,17,21). The molecule has 0 spiro atoms. The topological polar surface area (TPSA) is 95.1 Å². The SMILES string of the molecule is CC(C)CCOCCNC(=O)CSc1nnc(-c2cccs2)n1N. The summed E-state index contributed by atoms with van der Waals surface area (Å²) >= 11 is 2.80. The minimum Gasteiger partial charge on any atom is -0.380 e. The van der Waals surface area contributed by atoms with E-state index >= 15 is 0 Å². The number of thioether (sulfide) groups is 1. The Morgan fingerprint density at radius 2 is 2.29 bits per heavy atom. The Bertz CT molecular complexity index is 628. The maximum absolute atomic E-state index is 11.8. The van der Waals surface area contributed by atoms with Gasteiger partial charge in [-0.05, 0) is 23.8 Å². The molecule has 24 heavy (non-hydrogen) atoms. The molecule has 2 rings (SSSR count). The van der Waals surface area contributed by atoms with Crippen LogP contribution >= 0.6 is 23.1 Å². The van der Waals surface area contributed by atoms with Crippen LogP contribution in [0.15, 0.2) is 22.7 Å². The summed E-state index contributed by atoms with van der Waals surface area (Å²) in [6, 6.07) is 3.86. The number of rotatable bonds is 10. The van der Waals surface area contributed by atoms with Gasteiger partial charge in [-0.15, -0.1) is 21.5 Å². The fourth-order valence-electron chi connectivity index (χ4n) is 1.81. The minimum absolute atomic E-state index is 0.0758. The van der Waals surface area contributed by atoms with Gasteiger partial charge in [0.1, 0.15) is 0 Å². The number of nitrogen functional groups attached to an aromatic ring is 1. The van der Waals surface area contributed by atoms with Gasteiger partial charge in [-0.25, -0.2) is 4.68 Å². The largest absolute Gasteiger partial charge is 0.380 e. The Kier molecular flexibility index (Phi) is 7.54. The molecule has 0 saturated heterocycles. The fourth-order valence-corrected chi connectivity index (χ4v) is 3.21. The van der Waals surface area contributed by atoms with Crippen LogP contribution in [0.1, 0.15) is 20.3 Å². The second-order valence-electron chi connectivity index (χ2n) is 5.59. The Balaban J connectivity index is 1.67. The average molecular weight is 370 g/mol. The highest BCUT2D eigenvalue weighted by Gasteiger charge is 2.14. The first-order valence-corrected chi connectivity index (χ1v) is 9.66. The molecule has 0 aliphatic rings. The number of hydrogen-bond acceptors (Lipinski definition) is 7. The summed E-state index contributed by atoms with van der Waals surface area (Å²) in [5.41, 5.74) is 0. The number of aromatic nitrogens is 3. The van der Waals surface area contributed by atoms with Crippen molar-refractivity contribution in [2.45, 2.75) is 25.4 Å². The molecule has 9 heteroatoms. The Labute approximate surface area is 149 Å². The van der Waals surface area contributed by atoms with Crippen LogP contribution in [0.25, 0.3) is 10.7 Å². The summed E-state index contributed by atoms with van der Waals surface area (Å²) < 4.78 is 6.87. The first-order chi connectivity index (χ1) is 11.6. The van der Waals surface area contributed by atoms with Gasteiger partial charge in [0.25, 0.3) is 0 Å². The number of nitrogens with two attached hydrogens (primary N) is 1. The maximum Gasteiger partial charge on any atom is 0.230 e. The van der Waals surface area contributed by atoms with E-state index in [2.05, 4.69) is 29.4 Å². The van der Waals surface area contributed by atoms with Crippen molar-refractivity contribution in [1.82, 2.24) is 20.2 Å². The number of nitrogens with zero attached hydrogens (tertiary/aromatic N) is 3. The minimum atomic E-state index is -0.0758. The van der Waals surface area contributed by atoms with Gasteiger partial charge in [0.15, 0.2) is 5.82 Å². The van der Waals surface area contributed by atoms with E-state index in [1.165, 1.54) is 16.4 Å². The molecule has 0 saturated carbocycles. The van der Waals surface area contributed by atoms with Crippen molar-refractivity contribution in [3.63, 3.8) is 0 Å². The Morgan fingerprint density at radius 3 is 3.00 bits per heavy atom. The first-order valence-electron chi connectivity index (χ1n) is 7.79. The molecule has 0 aromatic carbocycles. The Hall–Kier alpha value is -1.58. The predicted octanol–water partition coefficient (Wildman–Crippen LogP) is 1.99. The molecule has 132 valence electrons. The van der Waals surface area contributed by atoms with E-state index in [1.54, 1.807) is 11.3 Å². The number of amides is 1. The van der Waals surface area contributed by atoms with Crippen molar-refractivity contribution in [3.05, 3.63) is 17.5 Å². The van der Waals surface area contributed by atoms with Gasteiger partial charge >= 0.3 is 0 Å². The van der Waals surface area contributed by atoms with Crippen LogP contribution in [0.3, 0.4) is 0 Å². The molecule has 2 aromatic rings. The summed E-state index contributed by atoms with van der Waals surface area (Å²) in [6.07, 6.45) is 1.03. The second-order valence-corrected chi connectivity index (χ2v) is 7.48. The summed E-state index contributed by atoms with van der Waals surface area (Å²) in [5, 5.41) is 13.4. The molecule has 0 bridgehead atoms. The highest BCUT2D eigenvalue weighted by atomic mass is 32.2. The van der Waals surface area contributed by atoms with Gasteiger partial charge in [0, 0.05) is 13.2 Å². The second kappa shape index (κ2) is 9.65. The molecule has 0 unspecified atom stereocenters. The molecule has 0 fully saturated rings. The smallest absolute Gasteiger partial charge is 0.230 e. The van der Waals surface area contributed by atoms with Crippen LogP contribution < -0.4 is 11.2 Å². The zero-order valence-electron chi connectivity index (χ0n) is 13.9. The van der Waals surface area contributed by atoms with Crippen LogP contribution in [0, 0.1) is 5.92 Å². The number of nitrogens with one attached hydrogen (secondary N) is 1. The third-order valence-corrected chi connectivity index (χ3v) is 4.96.